The second kappa shape index (κ2) is 3.36. The lowest BCUT2D eigenvalue weighted by Gasteiger charge is -2.17. The molecule has 15 heavy (non-hydrogen) atoms. The van der Waals surface area contributed by atoms with Crippen molar-refractivity contribution in [2.24, 2.45) is 11.8 Å². The normalized spacial score (nSPS) is 20.6. The van der Waals surface area contributed by atoms with Gasteiger partial charge in [-0.25, -0.2) is 0 Å². The number of anilines is 2. The monoisotopic (exact) mass is 204 g/mol. The number of nitrogens with two attached hydrogens (primary N) is 1. The van der Waals surface area contributed by atoms with E-state index in [9.17, 15) is 0 Å². The first-order valence-corrected chi connectivity index (χ1v) is 5.68. The maximum Gasteiger partial charge on any atom is 0.149 e. The molecule has 0 aromatic carbocycles. The fraction of sp³-hybridized carbons (Fsp3) is 0.636. The van der Waals surface area contributed by atoms with Crippen molar-refractivity contribution in [1.29, 1.82) is 0 Å². The third-order valence-corrected chi connectivity index (χ3v) is 3.26. The van der Waals surface area contributed by atoms with Crippen LogP contribution < -0.4 is 11.1 Å². The summed E-state index contributed by atoms with van der Waals surface area (Å²) in [7, 11) is 0. The van der Waals surface area contributed by atoms with Crippen LogP contribution >= 0.6 is 0 Å². The maximum absolute atomic E-state index is 5.50. The third kappa shape index (κ3) is 2.03. The first-order chi connectivity index (χ1) is 7.33. The minimum absolute atomic E-state index is 0.481. The fourth-order valence-corrected chi connectivity index (χ4v) is 2.12. The predicted molar refractivity (Wildman–Crippen MR) is 59.3 cm³/mol. The van der Waals surface area contributed by atoms with Crippen molar-refractivity contribution < 1.29 is 0 Å². The maximum atomic E-state index is 5.50. The average Bonchev–Trinajstić information content (AvgIpc) is 3.11. The van der Waals surface area contributed by atoms with Gasteiger partial charge in [-0.2, -0.15) is 0 Å². The Morgan fingerprint density at radius 3 is 2.27 bits per heavy atom. The van der Waals surface area contributed by atoms with Gasteiger partial charge in [0.1, 0.15) is 11.6 Å². The van der Waals surface area contributed by atoms with Gasteiger partial charge in [0.2, 0.25) is 0 Å². The van der Waals surface area contributed by atoms with Crippen LogP contribution in [0.3, 0.4) is 0 Å². The molecule has 4 nitrogen and oxygen atoms in total. The van der Waals surface area contributed by atoms with E-state index in [-0.39, 0.29) is 0 Å². The Bertz CT molecular complexity index is 328. The molecule has 1 aromatic heterocycles. The zero-order valence-electron chi connectivity index (χ0n) is 8.69. The molecule has 0 spiro atoms. The molecule has 0 unspecified atom stereocenters. The lowest BCUT2D eigenvalue weighted by Crippen LogP contribution is -2.24. The summed E-state index contributed by atoms with van der Waals surface area (Å²) in [6.07, 6.45) is 5.49. The molecule has 2 aliphatic rings. The summed E-state index contributed by atoms with van der Waals surface area (Å²) in [6.45, 7) is 0. The highest BCUT2D eigenvalue weighted by Gasteiger charge is 2.41. The van der Waals surface area contributed by atoms with Crippen LogP contribution in [0.5, 0.6) is 0 Å². The molecule has 3 rings (SSSR count). The smallest absolute Gasteiger partial charge is 0.149 e. The molecule has 80 valence electrons. The van der Waals surface area contributed by atoms with Crippen molar-refractivity contribution in [3.63, 3.8) is 0 Å². The number of aromatic nitrogens is 2. The van der Waals surface area contributed by atoms with Crippen molar-refractivity contribution in [2.45, 2.75) is 31.7 Å². The van der Waals surface area contributed by atoms with Crippen LogP contribution in [0.4, 0.5) is 11.6 Å². The average molecular weight is 204 g/mol. The topological polar surface area (TPSA) is 63.8 Å². The van der Waals surface area contributed by atoms with Crippen LogP contribution in [0, 0.1) is 11.8 Å². The Morgan fingerprint density at radius 1 is 1.13 bits per heavy atom. The third-order valence-electron chi connectivity index (χ3n) is 3.26. The number of nitrogens with zero attached hydrogens (tertiary/aromatic N) is 2. The molecule has 2 fully saturated rings. The van der Waals surface area contributed by atoms with Gasteiger partial charge in [-0.3, -0.25) is 0 Å². The molecule has 0 atom stereocenters. The Morgan fingerprint density at radius 2 is 1.80 bits per heavy atom. The van der Waals surface area contributed by atoms with E-state index in [2.05, 4.69) is 15.5 Å². The molecule has 2 aliphatic carbocycles. The lowest BCUT2D eigenvalue weighted by molar-refractivity contribution is 0.564. The summed E-state index contributed by atoms with van der Waals surface area (Å²) < 4.78 is 0. The second-order valence-corrected chi connectivity index (χ2v) is 4.69. The van der Waals surface area contributed by atoms with Gasteiger partial charge in [0.25, 0.3) is 0 Å². The van der Waals surface area contributed by atoms with Crippen LogP contribution in [-0.2, 0) is 0 Å². The van der Waals surface area contributed by atoms with Crippen molar-refractivity contribution in [3.8, 4) is 0 Å². The van der Waals surface area contributed by atoms with E-state index in [1.165, 1.54) is 25.7 Å². The van der Waals surface area contributed by atoms with E-state index in [0.717, 1.165) is 17.7 Å². The minimum Gasteiger partial charge on any atom is -0.382 e. The van der Waals surface area contributed by atoms with Crippen molar-refractivity contribution in [1.82, 2.24) is 10.2 Å². The Hall–Kier alpha value is -1.32. The van der Waals surface area contributed by atoms with Gasteiger partial charge in [-0.15, -0.1) is 10.2 Å². The van der Waals surface area contributed by atoms with Gasteiger partial charge in [-0.05, 0) is 49.7 Å². The number of hydrogen-bond acceptors (Lipinski definition) is 4. The summed E-state index contributed by atoms with van der Waals surface area (Å²) in [4.78, 5) is 0. The van der Waals surface area contributed by atoms with Gasteiger partial charge in [0.15, 0.2) is 0 Å². The van der Waals surface area contributed by atoms with Gasteiger partial charge in [0.05, 0.1) is 0 Å². The summed E-state index contributed by atoms with van der Waals surface area (Å²) in [5.74, 6) is 3.09. The summed E-state index contributed by atoms with van der Waals surface area (Å²) in [5.41, 5.74) is 5.50. The Kier molecular flexibility index (Phi) is 2.01. The van der Waals surface area contributed by atoms with Gasteiger partial charge in [0, 0.05) is 6.04 Å². The minimum atomic E-state index is 0.481. The molecule has 2 saturated carbocycles. The Balaban J connectivity index is 1.69. The van der Waals surface area contributed by atoms with Crippen LogP contribution in [0.15, 0.2) is 12.1 Å². The quantitative estimate of drug-likeness (QED) is 0.783. The van der Waals surface area contributed by atoms with Crippen molar-refractivity contribution in [2.75, 3.05) is 11.1 Å². The summed E-state index contributed by atoms with van der Waals surface area (Å²) >= 11 is 0. The van der Waals surface area contributed by atoms with Gasteiger partial charge < -0.3 is 11.1 Å². The molecular weight excluding hydrogens is 188 g/mol. The Labute approximate surface area is 89.3 Å². The van der Waals surface area contributed by atoms with E-state index >= 15 is 0 Å². The molecule has 3 N–H and O–H groups in total. The van der Waals surface area contributed by atoms with E-state index in [4.69, 9.17) is 5.73 Å². The number of nitrogens with one attached hydrogen (secondary N) is 1. The number of rotatable bonds is 4. The van der Waals surface area contributed by atoms with E-state index in [0.29, 0.717) is 11.9 Å². The largest absolute Gasteiger partial charge is 0.382 e. The van der Waals surface area contributed by atoms with E-state index in [1.54, 1.807) is 6.07 Å². The molecule has 0 saturated heterocycles. The van der Waals surface area contributed by atoms with Crippen molar-refractivity contribution in [3.05, 3.63) is 12.1 Å². The van der Waals surface area contributed by atoms with Crippen LogP contribution in [0.25, 0.3) is 0 Å². The van der Waals surface area contributed by atoms with Crippen LogP contribution in [0.1, 0.15) is 25.7 Å². The molecule has 0 aliphatic heterocycles. The summed E-state index contributed by atoms with van der Waals surface area (Å²) in [6, 6.07) is 4.34. The second-order valence-electron chi connectivity index (χ2n) is 4.69. The SMILES string of the molecule is Nc1ccc(NC(C2CC2)C2CC2)nn1. The molecule has 1 aromatic rings. The van der Waals surface area contributed by atoms with Crippen molar-refractivity contribution >= 4 is 11.6 Å². The van der Waals surface area contributed by atoms with Crippen LogP contribution in [-0.4, -0.2) is 16.2 Å². The predicted octanol–water partition coefficient (Wildman–Crippen LogP) is 1.66. The fourth-order valence-electron chi connectivity index (χ4n) is 2.12. The van der Waals surface area contributed by atoms with E-state index < -0.39 is 0 Å². The molecular formula is C11H16N4. The van der Waals surface area contributed by atoms with Gasteiger partial charge >= 0.3 is 0 Å². The highest BCUT2D eigenvalue weighted by atomic mass is 15.2. The highest BCUT2D eigenvalue weighted by Crippen LogP contribution is 2.45. The molecule has 0 amide bonds. The first kappa shape index (κ1) is 8.95. The molecule has 0 radical (unpaired) electrons. The van der Waals surface area contributed by atoms with E-state index in [1.807, 2.05) is 6.07 Å². The summed E-state index contributed by atoms with van der Waals surface area (Å²) in [5, 5.41) is 11.4. The van der Waals surface area contributed by atoms with Crippen LogP contribution in [0.2, 0.25) is 0 Å². The zero-order valence-corrected chi connectivity index (χ0v) is 8.69. The molecule has 1 heterocycles. The molecule has 4 heteroatoms. The molecule has 0 bridgehead atoms. The lowest BCUT2D eigenvalue weighted by atomic mass is 10.1. The van der Waals surface area contributed by atoms with Gasteiger partial charge in [-0.1, -0.05) is 0 Å². The number of nitrogen functional groups attached to an aromatic ring is 1. The highest BCUT2D eigenvalue weighted by molar-refractivity contribution is 5.40. The number of hydrogen-bond donors (Lipinski definition) is 2. The first-order valence-electron chi connectivity index (χ1n) is 5.68. The zero-order chi connectivity index (χ0) is 10.3. The standard InChI is InChI=1S/C11H16N4/c12-9-5-6-10(15-14-9)13-11(7-1-2-7)8-3-4-8/h5-8,11H,1-4H2,(H2,12,14)(H,13,15).